The number of hydrogen-bond acceptors (Lipinski definition) is 10. The topological polar surface area (TPSA) is 161 Å². The molecule has 0 radical (unpaired) electrons. The van der Waals surface area contributed by atoms with Crippen molar-refractivity contribution in [1.29, 1.82) is 0 Å². The number of carbonyl (C=O) groups is 3. The Morgan fingerprint density at radius 3 is 2.48 bits per heavy atom. The van der Waals surface area contributed by atoms with E-state index < -0.39 is 6.09 Å². The lowest BCUT2D eigenvalue weighted by atomic mass is 10.00. The van der Waals surface area contributed by atoms with E-state index in [1.54, 1.807) is 32.4 Å². The van der Waals surface area contributed by atoms with Gasteiger partial charge in [-0.3, -0.25) is 14.6 Å². The number of carbonyl (C=O) groups excluding carboxylic acids is 3. The van der Waals surface area contributed by atoms with Crippen LogP contribution in [0.5, 0.6) is 11.6 Å². The second kappa shape index (κ2) is 17.1. The molecule has 3 amide bonds. The molecular formula is C40H42Cl2N8O6. The Morgan fingerprint density at radius 2 is 1.75 bits per heavy atom. The van der Waals surface area contributed by atoms with Gasteiger partial charge in [-0.2, -0.15) is 0 Å². The first kappa shape index (κ1) is 38.8. The van der Waals surface area contributed by atoms with Gasteiger partial charge in [-0.15, -0.1) is 0 Å². The van der Waals surface area contributed by atoms with Gasteiger partial charge in [0.1, 0.15) is 6.61 Å². The molecule has 56 heavy (non-hydrogen) atoms. The maximum Gasteiger partial charge on any atom is 0.407 e. The van der Waals surface area contributed by atoms with Crippen molar-refractivity contribution in [3.63, 3.8) is 0 Å². The molecule has 1 atom stereocenters. The predicted octanol–water partition coefficient (Wildman–Crippen LogP) is 6.05. The van der Waals surface area contributed by atoms with E-state index in [-0.39, 0.29) is 36.9 Å². The van der Waals surface area contributed by atoms with Gasteiger partial charge in [0, 0.05) is 92.5 Å². The number of aromatic nitrogens is 4. The van der Waals surface area contributed by atoms with E-state index in [9.17, 15) is 14.4 Å². The molecule has 0 bridgehead atoms. The van der Waals surface area contributed by atoms with Gasteiger partial charge in [-0.25, -0.2) is 14.8 Å². The lowest BCUT2D eigenvalue weighted by Gasteiger charge is -2.31. The van der Waals surface area contributed by atoms with Crippen molar-refractivity contribution in [2.75, 3.05) is 33.9 Å². The number of fused-ring (bicyclic) bond motifs is 1. The van der Waals surface area contributed by atoms with Gasteiger partial charge < -0.3 is 39.5 Å². The van der Waals surface area contributed by atoms with Crippen LogP contribution in [-0.2, 0) is 27.5 Å². The van der Waals surface area contributed by atoms with Gasteiger partial charge in [0.05, 0.1) is 46.9 Å². The fourth-order valence-electron chi connectivity index (χ4n) is 7.06. The number of halogens is 2. The number of pyridine rings is 3. The smallest absolute Gasteiger partial charge is 0.407 e. The number of methoxy groups -OCH3 is 2. The third-order valence-corrected chi connectivity index (χ3v) is 10.9. The Hall–Kier alpha value is -5.44. The number of likely N-dealkylation sites (tertiary alicyclic amines) is 1. The van der Waals surface area contributed by atoms with Crippen LogP contribution in [0.15, 0.2) is 61.1 Å². The number of nitrogens with zero attached hydrogens (tertiary/aromatic N) is 5. The molecule has 16 heteroatoms. The second-order valence-corrected chi connectivity index (χ2v) is 14.5. The standard InChI is InChI=1S/C40H42Cl2N8O6/c1-23(51)49-15-12-26(13-16-49)44-19-28-21-50-20-25(17-33(54-2)38(50)47-28)37-36(42)30(11-14-43-37)29-5-4-6-31(35(29)41)32-9-7-24(39(48-32)55-3)22-56-40(53)45-18-27-8-10-34(52)46-27/h4-7,9,11,14,17,20-21,26-27,44H,8,10,12-13,15-16,18-19,22H2,1-3H3,(H,45,53)(H,46,52)/t27-/m0/s1. The zero-order valence-corrected chi connectivity index (χ0v) is 32.7. The summed E-state index contributed by atoms with van der Waals surface area (Å²) in [4.78, 5) is 51.5. The van der Waals surface area contributed by atoms with Crippen LogP contribution in [0.2, 0.25) is 10.0 Å². The largest absolute Gasteiger partial charge is 0.493 e. The average Bonchev–Trinajstić information content (AvgIpc) is 3.83. The second-order valence-electron chi connectivity index (χ2n) is 13.7. The number of benzene rings is 1. The lowest BCUT2D eigenvalue weighted by Crippen LogP contribution is -2.43. The van der Waals surface area contributed by atoms with Crippen molar-refractivity contribution in [3.8, 4) is 45.3 Å². The molecule has 14 nitrogen and oxygen atoms in total. The highest BCUT2D eigenvalue weighted by Gasteiger charge is 2.23. The first-order chi connectivity index (χ1) is 27.1. The van der Waals surface area contributed by atoms with Crippen LogP contribution in [0.25, 0.3) is 39.3 Å². The Kier molecular flexibility index (Phi) is 11.9. The van der Waals surface area contributed by atoms with Crippen LogP contribution in [0.3, 0.4) is 0 Å². The van der Waals surface area contributed by atoms with Crippen LogP contribution in [-0.4, -0.2) is 88.1 Å². The third-order valence-electron chi connectivity index (χ3n) is 10.1. The lowest BCUT2D eigenvalue weighted by molar-refractivity contribution is -0.130. The van der Waals surface area contributed by atoms with E-state index in [0.717, 1.165) is 37.2 Å². The molecular weight excluding hydrogens is 759 g/mol. The highest BCUT2D eigenvalue weighted by atomic mass is 35.5. The Bertz CT molecular complexity index is 2280. The first-order valence-corrected chi connectivity index (χ1v) is 19.1. The molecule has 292 valence electrons. The van der Waals surface area contributed by atoms with Crippen molar-refractivity contribution >= 4 is 46.8 Å². The molecule has 0 spiro atoms. The quantitative estimate of drug-likeness (QED) is 0.135. The van der Waals surface area contributed by atoms with Gasteiger partial charge in [-0.05, 0) is 43.5 Å². The van der Waals surface area contributed by atoms with Gasteiger partial charge in [0.15, 0.2) is 11.4 Å². The Balaban J connectivity index is 1.08. The number of hydrogen-bond donors (Lipinski definition) is 3. The molecule has 2 aliphatic rings. The van der Waals surface area contributed by atoms with Crippen molar-refractivity contribution in [3.05, 3.63) is 82.4 Å². The van der Waals surface area contributed by atoms with Crippen LogP contribution < -0.4 is 25.4 Å². The molecule has 6 heterocycles. The van der Waals surface area contributed by atoms with Gasteiger partial charge in [0.2, 0.25) is 17.7 Å². The summed E-state index contributed by atoms with van der Waals surface area (Å²) in [5.74, 6) is 0.942. The van der Waals surface area contributed by atoms with Crippen LogP contribution >= 0.6 is 23.2 Å². The summed E-state index contributed by atoms with van der Waals surface area (Å²) in [5, 5.41) is 9.90. The van der Waals surface area contributed by atoms with E-state index in [4.69, 9.17) is 42.4 Å². The minimum absolute atomic E-state index is 0.0237. The summed E-state index contributed by atoms with van der Waals surface area (Å²) in [6.07, 6.45) is 7.87. The number of imidazole rings is 1. The number of rotatable bonds is 12. The Labute approximate surface area is 333 Å². The molecule has 5 aromatic rings. The van der Waals surface area contributed by atoms with Crippen LogP contribution in [0.4, 0.5) is 4.79 Å². The maximum absolute atomic E-state index is 12.3. The van der Waals surface area contributed by atoms with E-state index in [2.05, 4.69) is 25.9 Å². The molecule has 0 saturated carbocycles. The monoisotopic (exact) mass is 800 g/mol. The number of piperidine rings is 1. The molecule has 0 unspecified atom stereocenters. The highest BCUT2D eigenvalue weighted by Crippen LogP contribution is 2.42. The summed E-state index contributed by atoms with van der Waals surface area (Å²) in [5.41, 5.74) is 5.90. The van der Waals surface area contributed by atoms with Crippen molar-refractivity contribution < 1.29 is 28.6 Å². The third kappa shape index (κ3) is 8.52. The van der Waals surface area contributed by atoms with Gasteiger partial charge >= 0.3 is 6.09 Å². The molecule has 2 aliphatic heterocycles. The minimum atomic E-state index is -0.609. The van der Waals surface area contributed by atoms with Crippen molar-refractivity contribution in [1.82, 2.24) is 40.2 Å². The average molecular weight is 802 g/mol. The van der Waals surface area contributed by atoms with E-state index in [0.29, 0.717) is 80.5 Å². The SMILES string of the molecule is COc1nc(-c2cccc(-c3ccnc(-c4cc(OC)c5nc(CNC6CCN(C(C)=O)CC6)cn5c4)c3Cl)c2Cl)ccc1COC(=O)NC[C@@H]1CCC(=O)N1. The number of amides is 3. The predicted molar refractivity (Wildman–Crippen MR) is 212 cm³/mol. The van der Waals surface area contributed by atoms with Gasteiger partial charge in [-0.1, -0.05) is 41.4 Å². The van der Waals surface area contributed by atoms with E-state index in [1.165, 1.54) is 7.11 Å². The molecule has 7 rings (SSSR count). The number of ether oxygens (including phenoxy) is 3. The van der Waals surface area contributed by atoms with E-state index >= 15 is 0 Å². The van der Waals surface area contributed by atoms with Crippen LogP contribution in [0, 0.1) is 0 Å². The zero-order chi connectivity index (χ0) is 39.3. The van der Waals surface area contributed by atoms with E-state index in [1.807, 2.05) is 52.0 Å². The maximum atomic E-state index is 12.3. The molecule has 3 N–H and O–H groups in total. The first-order valence-electron chi connectivity index (χ1n) is 18.3. The van der Waals surface area contributed by atoms with Crippen molar-refractivity contribution in [2.45, 2.75) is 57.8 Å². The number of alkyl carbamates (subject to hydrolysis) is 1. The fraction of sp³-hybridized carbons (Fsp3) is 0.350. The highest BCUT2D eigenvalue weighted by molar-refractivity contribution is 6.39. The molecule has 1 aromatic carbocycles. The van der Waals surface area contributed by atoms with Crippen LogP contribution in [0.1, 0.15) is 43.9 Å². The molecule has 2 saturated heterocycles. The summed E-state index contributed by atoms with van der Waals surface area (Å²) in [7, 11) is 3.09. The molecule has 4 aromatic heterocycles. The summed E-state index contributed by atoms with van der Waals surface area (Å²) >= 11 is 14.2. The van der Waals surface area contributed by atoms with Crippen molar-refractivity contribution in [2.24, 2.45) is 0 Å². The normalized spacial score (nSPS) is 15.8. The summed E-state index contributed by atoms with van der Waals surface area (Å²) in [6.45, 7) is 3.91. The Morgan fingerprint density at radius 1 is 0.964 bits per heavy atom. The molecule has 0 aliphatic carbocycles. The summed E-state index contributed by atoms with van der Waals surface area (Å²) < 4.78 is 18.6. The number of nitrogens with one attached hydrogen (secondary N) is 3. The van der Waals surface area contributed by atoms with Gasteiger partial charge in [0.25, 0.3) is 0 Å². The minimum Gasteiger partial charge on any atom is -0.493 e. The molecule has 2 fully saturated rings. The fourth-order valence-corrected chi connectivity index (χ4v) is 7.71. The zero-order valence-electron chi connectivity index (χ0n) is 31.2. The summed E-state index contributed by atoms with van der Waals surface area (Å²) in [6, 6.07) is 13.0.